The normalized spacial score (nSPS) is 14.2. The number of nitrogens with one attached hydrogen (secondary N) is 2. The Kier molecular flexibility index (Phi) is 10.3. The van der Waals surface area contributed by atoms with Gasteiger partial charge in [-0.3, -0.25) is 9.80 Å². The van der Waals surface area contributed by atoms with Crippen molar-refractivity contribution in [3.63, 3.8) is 0 Å². The van der Waals surface area contributed by atoms with E-state index in [1.54, 1.807) is 7.05 Å². The number of hydrogen-bond acceptors (Lipinski definition) is 4. The maximum Gasteiger partial charge on any atom is 0.224 e. The van der Waals surface area contributed by atoms with Crippen LogP contribution in [0.2, 0.25) is 0 Å². The van der Waals surface area contributed by atoms with E-state index in [1.165, 1.54) is 5.57 Å². The average Bonchev–Trinajstić information content (AvgIpc) is 2.69. The van der Waals surface area contributed by atoms with E-state index in [-0.39, 0.29) is 18.0 Å². The standard InChI is InChI=1S/C22H37N5O/c1-8-17(4)20(13-14-27(7)26-25-18(5)16(2)3)24-21-12-10-9-11-19(21)15-22(28)23-6/h8-12,16,18,20,24H,13-15H2,1-7H3,(H,23,28)/b17-8+,26-25-/t18-,20?/m0/s1. The first-order valence-corrected chi connectivity index (χ1v) is 10.1. The summed E-state index contributed by atoms with van der Waals surface area (Å²) in [7, 11) is 3.62. The predicted octanol–water partition coefficient (Wildman–Crippen LogP) is 4.46. The molecule has 0 aromatic heterocycles. The molecule has 6 heteroatoms. The third-order valence-corrected chi connectivity index (χ3v) is 5.07. The van der Waals surface area contributed by atoms with Gasteiger partial charge in [-0.1, -0.05) is 48.9 Å². The van der Waals surface area contributed by atoms with Crippen molar-refractivity contribution >= 4 is 11.6 Å². The van der Waals surface area contributed by atoms with Gasteiger partial charge in [0.15, 0.2) is 0 Å². The number of allylic oxidation sites excluding steroid dienone is 1. The highest BCUT2D eigenvalue weighted by atomic mass is 16.1. The second-order valence-electron chi connectivity index (χ2n) is 7.60. The van der Waals surface area contributed by atoms with Crippen molar-refractivity contribution in [1.29, 1.82) is 0 Å². The lowest BCUT2D eigenvalue weighted by Crippen LogP contribution is -2.27. The molecule has 1 unspecified atom stereocenters. The first kappa shape index (κ1) is 23.7. The monoisotopic (exact) mass is 387 g/mol. The molecule has 0 aliphatic heterocycles. The molecular formula is C22H37N5O. The Balaban J connectivity index is 2.82. The number of rotatable bonds is 11. The van der Waals surface area contributed by atoms with Crippen LogP contribution in [0, 0.1) is 5.92 Å². The van der Waals surface area contributed by atoms with Gasteiger partial charge in [0.1, 0.15) is 0 Å². The number of hydrogen-bond donors (Lipinski definition) is 2. The molecule has 156 valence electrons. The Labute approximate surface area is 170 Å². The first-order chi connectivity index (χ1) is 13.3. The summed E-state index contributed by atoms with van der Waals surface area (Å²) in [4.78, 5) is 11.8. The number of carbonyl (C=O) groups excluding carboxylic acids is 1. The Morgan fingerprint density at radius 1 is 1.25 bits per heavy atom. The predicted molar refractivity (Wildman–Crippen MR) is 117 cm³/mol. The minimum absolute atomic E-state index is 0.00738. The third-order valence-electron chi connectivity index (χ3n) is 5.07. The van der Waals surface area contributed by atoms with Gasteiger partial charge in [0.2, 0.25) is 5.91 Å². The van der Waals surface area contributed by atoms with E-state index in [1.807, 2.05) is 43.2 Å². The van der Waals surface area contributed by atoms with Crippen molar-refractivity contribution in [2.45, 2.75) is 59.5 Å². The summed E-state index contributed by atoms with van der Waals surface area (Å²) in [5.74, 6) is 0.488. The van der Waals surface area contributed by atoms with E-state index in [0.29, 0.717) is 12.3 Å². The maximum atomic E-state index is 11.8. The van der Waals surface area contributed by atoms with Crippen molar-refractivity contribution in [1.82, 2.24) is 10.3 Å². The molecule has 0 aliphatic rings. The SMILES string of the molecule is C/C=C(\C)C(CCN(C)/N=N\[C@@H](C)C(C)C)Nc1ccccc1CC(=O)NC. The molecule has 0 spiro atoms. The molecular weight excluding hydrogens is 350 g/mol. The topological polar surface area (TPSA) is 69.1 Å². The summed E-state index contributed by atoms with van der Waals surface area (Å²) in [6.07, 6.45) is 3.37. The quantitative estimate of drug-likeness (QED) is 0.335. The lowest BCUT2D eigenvalue weighted by molar-refractivity contribution is -0.119. The number of anilines is 1. The molecule has 0 bridgehead atoms. The molecule has 0 radical (unpaired) electrons. The largest absolute Gasteiger partial charge is 0.378 e. The second-order valence-corrected chi connectivity index (χ2v) is 7.60. The van der Waals surface area contributed by atoms with Crippen LogP contribution in [0.5, 0.6) is 0 Å². The zero-order valence-electron chi connectivity index (χ0n) is 18.5. The van der Waals surface area contributed by atoms with Crippen LogP contribution in [0.1, 0.15) is 46.6 Å². The van der Waals surface area contributed by atoms with Crippen LogP contribution < -0.4 is 10.6 Å². The molecule has 2 N–H and O–H groups in total. The summed E-state index contributed by atoms with van der Waals surface area (Å²) in [6.45, 7) is 11.3. The molecule has 0 heterocycles. The van der Waals surface area contributed by atoms with Crippen LogP contribution in [0.15, 0.2) is 46.3 Å². The summed E-state index contributed by atoms with van der Waals surface area (Å²) < 4.78 is 0. The molecule has 0 aliphatic carbocycles. The Hall–Kier alpha value is -2.37. The zero-order chi connectivity index (χ0) is 21.1. The fourth-order valence-electron chi connectivity index (χ4n) is 2.54. The second kappa shape index (κ2) is 12.2. The number of benzene rings is 1. The molecule has 1 aromatic rings. The average molecular weight is 388 g/mol. The van der Waals surface area contributed by atoms with Gasteiger partial charge in [0, 0.05) is 32.4 Å². The van der Waals surface area contributed by atoms with E-state index < -0.39 is 0 Å². The zero-order valence-corrected chi connectivity index (χ0v) is 18.5. The molecule has 1 amide bonds. The van der Waals surface area contributed by atoms with Gasteiger partial charge < -0.3 is 10.6 Å². The first-order valence-electron chi connectivity index (χ1n) is 10.1. The maximum absolute atomic E-state index is 11.8. The molecule has 6 nitrogen and oxygen atoms in total. The van der Waals surface area contributed by atoms with Gasteiger partial charge in [0.05, 0.1) is 12.5 Å². The van der Waals surface area contributed by atoms with Crippen molar-refractivity contribution in [3.05, 3.63) is 41.5 Å². The molecule has 0 saturated heterocycles. The van der Waals surface area contributed by atoms with Crippen LogP contribution in [0.4, 0.5) is 5.69 Å². The summed E-state index contributed by atoms with van der Waals surface area (Å²) in [5, 5.41) is 16.9. The number of likely N-dealkylation sites (N-methyl/N-ethyl adjacent to an activating group) is 1. The fourth-order valence-corrected chi connectivity index (χ4v) is 2.54. The highest BCUT2D eigenvalue weighted by Gasteiger charge is 2.14. The van der Waals surface area contributed by atoms with Gasteiger partial charge in [-0.25, -0.2) is 0 Å². The van der Waals surface area contributed by atoms with E-state index in [9.17, 15) is 4.79 Å². The van der Waals surface area contributed by atoms with Crippen LogP contribution in [0.3, 0.4) is 0 Å². The van der Waals surface area contributed by atoms with Crippen molar-refractivity contribution < 1.29 is 4.79 Å². The van der Waals surface area contributed by atoms with E-state index in [2.05, 4.69) is 54.7 Å². The molecule has 0 fully saturated rings. The van der Waals surface area contributed by atoms with Gasteiger partial charge in [-0.15, -0.1) is 0 Å². The Morgan fingerprint density at radius 3 is 2.54 bits per heavy atom. The molecule has 1 aromatic carbocycles. The molecule has 28 heavy (non-hydrogen) atoms. The molecule has 0 saturated carbocycles. The smallest absolute Gasteiger partial charge is 0.224 e. The van der Waals surface area contributed by atoms with Crippen molar-refractivity contribution in [2.75, 3.05) is 26.0 Å². The fraction of sp³-hybridized carbons (Fsp3) is 0.591. The molecule has 1 rings (SSSR count). The van der Waals surface area contributed by atoms with E-state index in [4.69, 9.17) is 0 Å². The number of para-hydroxylation sites is 1. The van der Waals surface area contributed by atoms with Gasteiger partial charge >= 0.3 is 0 Å². The minimum atomic E-state index is 0.00738. The number of amides is 1. The van der Waals surface area contributed by atoms with Crippen molar-refractivity contribution in [2.24, 2.45) is 16.3 Å². The highest BCUT2D eigenvalue weighted by molar-refractivity contribution is 5.80. The van der Waals surface area contributed by atoms with Gasteiger partial charge in [-0.05, 0) is 44.7 Å². The van der Waals surface area contributed by atoms with E-state index >= 15 is 0 Å². The van der Waals surface area contributed by atoms with Crippen LogP contribution in [-0.2, 0) is 11.2 Å². The Morgan fingerprint density at radius 2 is 1.93 bits per heavy atom. The van der Waals surface area contributed by atoms with Crippen LogP contribution in [0.25, 0.3) is 0 Å². The summed E-state index contributed by atoms with van der Waals surface area (Å²) in [6, 6.07) is 8.35. The van der Waals surface area contributed by atoms with Gasteiger partial charge in [-0.2, -0.15) is 5.11 Å². The molecule has 2 atom stereocenters. The van der Waals surface area contributed by atoms with Gasteiger partial charge in [0.25, 0.3) is 0 Å². The third kappa shape index (κ3) is 8.11. The van der Waals surface area contributed by atoms with Crippen LogP contribution in [-0.4, -0.2) is 43.6 Å². The summed E-state index contributed by atoms with van der Waals surface area (Å²) >= 11 is 0. The lowest BCUT2D eigenvalue weighted by atomic mass is 10.0. The minimum Gasteiger partial charge on any atom is -0.378 e. The van der Waals surface area contributed by atoms with Crippen LogP contribution >= 0.6 is 0 Å². The highest BCUT2D eigenvalue weighted by Crippen LogP contribution is 2.20. The lowest BCUT2D eigenvalue weighted by Gasteiger charge is -2.24. The van der Waals surface area contributed by atoms with E-state index in [0.717, 1.165) is 24.2 Å². The Bertz CT molecular complexity index is 669. The van der Waals surface area contributed by atoms with Crippen molar-refractivity contribution in [3.8, 4) is 0 Å². The number of carbonyl (C=O) groups is 1. The summed E-state index contributed by atoms with van der Waals surface area (Å²) in [5.41, 5.74) is 3.25. The number of nitrogens with zero attached hydrogens (tertiary/aromatic N) is 3.